The highest BCUT2D eigenvalue weighted by Gasteiger charge is 2.43. The third-order valence-electron chi connectivity index (χ3n) is 8.04. The number of carbonyl (C=O) groups excluding carboxylic acids is 1. The first kappa shape index (κ1) is 31.0. The molecule has 0 aromatic carbocycles. The standard InChI is InChI=1S/C25H54O4Si2/c1-14-31(15-2,16-3)29-24(20(7)23(27)17-22(26)18(4)5)19(6)21(8)28-30(12,13)25(9,10)11/h18-21,23-24,27H,14-17H2,1-13H3/t19-,20-,21-,23+,24+/m0/s1. The quantitative estimate of drug-likeness (QED) is 0.274. The van der Waals surface area contributed by atoms with Crippen molar-refractivity contribution in [3.05, 3.63) is 0 Å². The van der Waals surface area contributed by atoms with Crippen LogP contribution in [0.25, 0.3) is 0 Å². The van der Waals surface area contributed by atoms with Crippen LogP contribution in [-0.2, 0) is 13.6 Å². The number of aliphatic hydroxyl groups is 1. The van der Waals surface area contributed by atoms with E-state index < -0.39 is 22.7 Å². The van der Waals surface area contributed by atoms with Gasteiger partial charge in [0.1, 0.15) is 5.78 Å². The molecule has 0 aromatic rings. The molecule has 0 unspecified atom stereocenters. The highest BCUT2D eigenvalue weighted by Crippen LogP contribution is 2.39. The van der Waals surface area contributed by atoms with Crippen molar-refractivity contribution in [1.82, 2.24) is 0 Å². The number of aliphatic hydroxyl groups excluding tert-OH is 1. The van der Waals surface area contributed by atoms with Crippen LogP contribution >= 0.6 is 0 Å². The SMILES string of the molecule is CC[Si](CC)(CC)O[C@@H]([C@@H](C)[C@H](O)CC(=O)C(C)C)[C@@H](C)[C@H](C)O[Si](C)(C)C(C)(C)C. The third-order valence-corrected chi connectivity index (χ3v) is 17.3. The molecule has 4 nitrogen and oxygen atoms in total. The minimum Gasteiger partial charge on any atom is -0.414 e. The number of carbonyl (C=O) groups is 1. The third kappa shape index (κ3) is 8.69. The van der Waals surface area contributed by atoms with Gasteiger partial charge in [0.15, 0.2) is 16.6 Å². The summed E-state index contributed by atoms with van der Waals surface area (Å²) < 4.78 is 13.7. The lowest BCUT2D eigenvalue weighted by molar-refractivity contribution is -0.125. The van der Waals surface area contributed by atoms with E-state index >= 15 is 0 Å². The van der Waals surface area contributed by atoms with Crippen LogP contribution in [0, 0.1) is 17.8 Å². The summed E-state index contributed by atoms with van der Waals surface area (Å²) in [5.41, 5.74) is 0. The number of Topliss-reactive ketones (excluding diaryl/α,β-unsaturated/α-hetero) is 1. The van der Waals surface area contributed by atoms with Gasteiger partial charge in [-0.2, -0.15) is 0 Å². The van der Waals surface area contributed by atoms with E-state index in [-0.39, 0.29) is 47.2 Å². The number of hydrogen-bond donors (Lipinski definition) is 1. The van der Waals surface area contributed by atoms with Crippen molar-refractivity contribution in [2.75, 3.05) is 0 Å². The smallest absolute Gasteiger partial charge is 0.192 e. The average molecular weight is 475 g/mol. The predicted molar refractivity (Wildman–Crippen MR) is 139 cm³/mol. The fourth-order valence-corrected chi connectivity index (χ4v) is 8.35. The van der Waals surface area contributed by atoms with Crippen LogP contribution in [0.5, 0.6) is 0 Å². The summed E-state index contributed by atoms with van der Waals surface area (Å²) in [5, 5.41) is 11.1. The molecule has 0 aromatic heterocycles. The molecule has 1 N–H and O–H groups in total. The molecule has 0 heterocycles. The maximum atomic E-state index is 12.3. The number of rotatable bonds is 14. The van der Waals surface area contributed by atoms with E-state index in [9.17, 15) is 9.90 Å². The Hall–Kier alpha value is -0.0162. The van der Waals surface area contributed by atoms with Crippen molar-refractivity contribution in [1.29, 1.82) is 0 Å². The molecule has 0 radical (unpaired) electrons. The van der Waals surface area contributed by atoms with E-state index in [1.54, 1.807) is 0 Å². The summed E-state index contributed by atoms with van der Waals surface area (Å²) in [5.74, 6) is 0.0559. The van der Waals surface area contributed by atoms with Gasteiger partial charge in [0.2, 0.25) is 0 Å². The molecule has 0 aliphatic carbocycles. The minimum absolute atomic E-state index is 0.0265. The van der Waals surface area contributed by atoms with Crippen molar-refractivity contribution in [2.45, 2.75) is 137 Å². The van der Waals surface area contributed by atoms with Crippen LogP contribution in [-0.4, -0.2) is 45.8 Å². The molecule has 0 bridgehead atoms. The van der Waals surface area contributed by atoms with E-state index in [2.05, 4.69) is 75.4 Å². The minimum atomic E-state index is -1.92. The van der Waals surface area contributed by atoms with Crippen molar-refractivity contribution >= 4 is 22.4 Å². The van der Waals surface area contributed by atoms with Crippen LogP contribution in [0.2, 0.25) is 36.3 Å². The molecule has 0 saturated carbocycles. The molecule has 186 valence electrons. The van der Waals surface area contributed by atoms with Crippen LogP contribution in [0.3, 0.4) is 0 Å². The zero-order valence-electron chi connectivity index (χ0n) is 23.0. The Kier molecular flexibility index (Phi) is 12.4. The van der Waals surface area contributed by atoms with Gasteiger partial charge in [0, 0.05) is 30.3 Å². The lowest BCUT2D eigenvalue weighted by atomic mass is 9.84. The van der Waals surface area contributed by atoms with Crippen LogP contribution in [0.4, 0.5) is 0 Å². The van der Waals surface area contributed by atoms with Crippen LogP contribution < -0.4 is 0 Å². The highest BCUT2D eigenvalue weighted by atomic mass is 28.4. The largest absolute Gasteiger partial charge is 0.414 e. The first-order chi connectivity index (χ1) is 14.0. The van der Waals surface area contributed by atoms with Gasteiger partial charge in [-0.25, -0.2) is 0 Å². The van der Waals surface area contributed by atoms with Gasteiger partial charge >= 0.3 is 0 Å². The van der Waals surface area contributed by atoms with E-state index in [1.165, 1.54) is 0 Å². The maximum absolute atomic E-state index is 12.3. The second kappa shape index (κ2) is 12.4. The van der Waals surface area contributed by atoms with Crippen molar-refractivity contribution in [2.24, 2.45) is 17.8 Å². The highest BCUT2D eigenvalue weighted by molar-refractivity contribution is 6.74. The Bertz CT molecular complexity index is 530. The Morgan fingerprint density at radius 2 is 1.32 bits per heavy atom. The molecule has 0 amide bonds. The van der Waals surface area contributed by atoms with Gasteiger partial charge in [-0.05, 0) is 43.2 Å². The summed E-state index contributed by atoms with van der Waals surface area (Å²) in [7, 11) is -3.82. The molecule has 0 aliphatic rings. The Balaban J connectivity index is 5.87. The zero-order valence-corrected chi connectivity index (χ0v) is 25.0. The second-order valence-electron chi connectivity index (χ2n) is 11.5. The molecule has 0 saturated heterocycles. The van der Waals surface area contributed by atoms with Crippen molar-refractivity contribution in [3.8, 4) is 0 Å². The lowest BCUT2D eigenvalue weighted by Gasteiger charge is -2.45. The first-order valence-electron chi connectivity index (χ1n) is 12.5. The Morgan fingerprint density at radius 3 is 1.68 bits per heavy atom. The summed E-state index contributed by atoms with van der Waals surface area (Å²) >= 11 is 0. The van der Waals surface area contributed by atoms with Crippen LogP contribution in [0.15, 0.2) is 0 Å². The molecular weight excluding hydrogens is 420 g/mol. The first-order valence-corrected chi connectivity index (χ1v) is 18.0. The predicted octanol–water partition coefficient (Wildman–Crippen LogP) is 7.04. The van der Waals surface area contributed by atoms with E-state index in [4.69, 9.17) is 8.85 Å². The normalized spacial score (nSPS) is 18.5. The van der Waals surface area contributed by atoms with Crippen molar-refractivity contribution in [3.63, 3.8) is 0 Å². The van der Waals surface area contributed by atoms with E-state index in [0.29, 0.717) is 0 Å². The van der Waals surface area contributed by atoms with Gasteiger partial charge < -0.3 is 14.0 Å². The summed E-state index contributed by atoms with van der Waals surface area (Å²) in [6, 6.07) is 3.19. The average Bonchev–Trinajstić information content (AvgIpc) is 2.67. The zero-order chi connectivity index (χ0) is 24.8. The monoisotopic (exact) mass is 474 g/mol. The van der Waals surface area contributed by atoms with Gasteiger partial charge in [0.05, 0.1) is 12.2 Å². The maximum Gasteiger partial charge on any atom is 0.192 e. The molecule has 0 fully saturated rings. The second-order valence-corrected chi connectivity index (χ2v) is 21.0. The molecule has 0 spiro atoms. The summed E-state index contributed by atoms with van der Waals surface area (Å²) in [6.07, 6.45) is -0.596. The summed E-state index contributed by atoms with van der Waals surface area (Å²) in [6.45, 7) is 28.3. The molecule has 31 heavy (non-hydrogen) atoms. The number of ketones is 1. The van der Waals surface area contributed by atoms with E-state index in [0.717, 1.165) is 18.1 Å². The Labute approximate surface area is 196 Å². The topological polar surface area (TPSA) is 55.8 Å². The fourth-order valence-electron chi connectivity index (χ4n) is 3.84. The molecule has 0 aliphatic heterocycles. The molecule has 6 heteroatoms. The Morgan fingerprint density at radius 1 is 0.871 bits per heavy atom. The molecular formula is C25H54O4Si2. The van der Waals surface area contributed by atoms with Gasteiger partial charge in [-0.15, -0.1) is 0 Å². The molecule has 0 rings (SSSR count). The van der Waals surface area contributed by atoms with Crippen LogP contribution in [0.1, 0.15) is 82.6 Å². The van der Waals surface area contributed by atoms with Gasteiger partial charge in [-0.3, -0.25) is 4.79 Å². The summed E-state index contributed by atoms with van der Waals surface area (Å²) in [4.78, 5) is 12.3. The van der Waals surface area contributed by atoms with Gasteiger partial charge in [-0.1, -0.05) is 69.2 Å². The van der Waals surface area contributed by atoms with Gasteiger partial charge in [0.25, 0.3) is 0 Å². The fraction of sp³-hybridized carbons (Fsp3) is 0.960. The molecule has 5 atom stereocenters. The van der Waals surface area contributed by atoms with E-state index in [1.807, 2.05) is 13.8 Å². The number of hydrogen-bond acceptors (Lipinski definition) is 4. The lowest BCUT2D eigenvalue weighted by Crippen LogP contribution is -2.52. The van der Waals surface area contributed by atoms with Crippen molar-refractivity contribution < 1.29 is 18.8 Å².